The minimum atomic E-state index is -1.21. The third-order valence-electron chi connectivity index (χ3n) is 2.83. The molecule has 0 fully saturated rings. The predicted octanol–water partition coefficient (Wildman–Crippen LogP) is 3.63. The van der Waals surface area contributed by atoms with Crippen molar-refractivity contribution in [2.45, 2.75) is 12.5 Å². The van der Waals surface area contributed by atoms with Crippen LogP contribution >= 0.6 is 22.9 Å². The van der Waals surface area contributed by atoms with E-state index >= 15 is 0 Å². The van der Waals surface area contributed by atoms with E-state index in [1.165, 1.54) is 11.3 Å². The van der Waals surface area contributed by atoms with Crippen LogP contribution in [0.2, 0.25) is 5.02 Å². The Hall–Kier alpha value is -1.99. The summed E-state index contributed by atoms with van der Waals surface area (Å²) in [5, 5.41) is 12.9. The smallest absolute Gasteiger partial charge is 0.305 e. The van der Waals surface area contributed by atoms with E-state index in [0.29, 0.717) is 17.0 Å². The van der Waals surface area contributed by atoms with Crippen LogP contribution in [0, 0.1) is 11.6 Å². The lowest BCUT2D eigenvalue weighted by Gasteiger charge is -2.16. The van der Waals surface area contributed by atoms with E-state index in [2.05, 4.69) is 5.32 Å². The van der Waals surface area contributed by atoms with E-state index in [1.54, 1.807) is 17.5 Å². The number of carbonyl (C=O) groups is 2. The molecule has 0 radical (unpaired) electrons. The SMILES string of the molecule is O=C(O)C[C@@H](NC(=O)c1cc(F)c(F)cc1Cl)c1cccs1. The molecule has 1 atom stereocenters. The molecule has 0 unspecified atom stereocenters. The molecule has 0 spiro atoms. The zero-order valence-electron chi connectivity index (χ0n) is 11.0. The molecule has 1 amide bonds. The number of thiophene rings is 1. The summed E-state index contributed by atoms with van der Waals surface area (Å²) in [5.74, 6) is -4.25. The van der Waals surface area contributed by atoms with Crippen molar-refractivity contribution in [1.82, 2.24) is 5.32 Å². The van der Waals surface area contributed by atoms with Gasteiger partial charge in [-0.25, -0.2) is 8.78 Å². The topological polar surface area (TPSA) is 66.4 Å². The molecular weight excluding hydrogens is 336 g/mol. The van der Waals surface area contributed by atoms with Crippen molar-refractivity contribution in [3.05, 3.63) is 56.7 Å². The Bertz CT molecular complexity index is 706. The number of benzene rings is 1. The van der Waals surface area contributed by atoms with E-state index in [4.69, 9.17) is 16.7 Å². The highest BCUT2D eigenvalue weighted by molar-refractivity contribution is 7.10. The van der Waals surface area contributed by atoms with Crippen LogP contribution in [0.1, 0.15) is 27.7 Å². The van der Waals surface area contributed by atoms with Gasteiger partial charge in [0.2, 0.25) is 0 Å². The maximum absolute atomic E-state index is 13.2. The van der Waals surface area contributed by atoms with Crippen molar-refractivity contribution in [3.63, 3.8) is 0 Å². The summed E-state index contributed by atoms with van der Waals surface area (Å²) in [6.45, 7) is 0. The van der Waals surface area contributed by atoms with Crippen molar-refractivity contribution in [3.8, 4) is 0 Å². The Kier molecular flexibility index (Phi) is 5.10. The summed E-state index contributed by atoms with van der Waals surface area (Å²) >= 11 is 7.00. The van der Waals surface area contributed by atoms with Crippen molar-refractivity contribution in [2.24, 2.45) is 0 Å². The zero-order chi connectivity index (χ0) is 16.3. The Morgan fingerprint density at radius 2 is 2.00 bits per heavy atom. The normalized spacial score (nSPS) is 12.0. The lowest BCUT2D eigenvalue weighted by atomic mass is 10.1. The highest BCUT2D eigenvalue weighted by Crippen LogP contribution is 2.25. The van der Waals surface area contributed by atoms with E-state index in [1.807, 2.05) is 0 Å². The van der Waals surface area contributed by atoms with Crippen LogP contribution in [0.4, 0.5) is 8.78 Å². The average molecular weight is 346 g/mol. The number of rotatable bonds is 5. The van der Waals surface area contributed by atoms with Gasteiger partial charge in [0.05, 0.1) is 23.0 Å². The number of carbonyl (C=O) groups excluding carboxylic acids is 1. The maximum Gasteiger partial charge on any atom is 0.305 e. The molecule has 4 nitrogen and oxygen atoms in total. The second kappa shape index (κ2) is 6.85. The molecule has 1 aromatic heterocycles. The average Bonchev–Trinajstić information content (AvgIpc) is 2.95. The van der Waals surface area contributed by atoms with Crippen LogP contribution in [-0.4, -0.2) is 17.0 Å². The van der Waals surface area contributed by atoms with Gasteiger partial charge in [0.1, 0.15) is 0 Å². The molecule has 0 saturated heterocycles. The molecule has 22 heavy (non-hydrogen) atoms. The Morgan fingerprint density at radius 3 is 2.59 bits per heavy atom. The number of hydrogen-bond donors (Lipinski definition) is 2. The molecule has 2 rings (SSSR count). The molecule has 0 saturated carbocycles. The fourth-order valence-electron chi connectivity index (χ4n) is 1.82. The van der Waals surface area contributed by atoms with Crippen molar-refractivity contribution in [2.75, 3.05) is 0 Å². The summed E-state index contributed by atoms with van der Waals surface area (Å²) in [6, 6.07) is 3.98. The fraction of sp³-hybridized carbons (Fsp3) is 0.143. The summed E-state index contributed by atoms with van der Waals surface area (Å²) in [4.78, 5) is 23.7. The van der Waals surface area contributed by atoms with E-state index in [9.17, 15) is 18.4 Å². The highest BCUT2D eigenvalue weighted by atomic mass is 35.5. The monoisotopic (exact) mass is 345 g/mol. The molecule has 0 aliphatic carbocycles. The van der Waals surface area contributed by atoms with Gasteiger partial charge in [-0.15, -0.1) is 11.3 Å². The molecule has 0 aliphatic rings. The summed E-state index contributed by atoms with van der Waals surface area (Å²) in [5.41, 5.74) is -0.257. The van der Waals surface area contributed by atoms with Gasteiger partial charge in [-0.3, -0.25) is 9.59 Å². The maximum atomic E-state index is 13.2. The van der Waals surface area contributed by atoms with Gasteiger partial charge in [0.25, 0.3) is 5.91 Å². The van der Waals surface area contributed by atoms with Crippen molar-refractivity contribution >= 4 is 34.8 Å². The van der Waals surface area contributed by atoms with Crippen LogP contribution in [0.15, 0.2) is 29.6 Å². The summed E-state index contributed by atoms with van der Waals surface area (Å²) < 4.78 is 26.2. The van der Waals surface area contributed by atoms with Crippen molar-refractivity contribution in [1.29, 1.82) is 0 Å². The number of hydrogen-bond acceptors (Lipinski definition) is 3. The molecule has 2 N–H and O–H groups in total. The number of carboxylic acids is 1. The standard InChI is InChI=1S/C14H10ClF2NO3S/c15-8-5-10(17)9(16)4-7(8)14(21)18-11(6-13(19)20)12-2-1-3-22-12/h1-5,11H,6H2,(H,18,21)(H,19,20)/t11-/m1/s1. The first kappa shape index (κ1) is 16.4. The van der Waals surface area contributed by atoms with Crippen LogP contribution in [-0.2, 0) is 4.79 Å². The molecule has 2 aromatic rings. The molecule has 116 valence electrons. The fourth-order valence-corrected chi connectivity index (χ4v) is 2.83. The predicted molar refractivity (Wildman–Crippen MR) is 78.1 cm³/mol. The first-order valence-electron chi connectivity index (χ1n) is 6.09. The molecule has 1 aromatic carbocycles. The quantitative estimate of drug-likeness (QED) is 0.813. The van der Waals surface area contributed by atoms with Crippen LogP contribution in [0.3, 0.4) is 0 Å². The second-order valence-electron chi connectivity index (χ2n) is 4.39. The largest absolute Gasteiger partial charge is 0.481 e. The Morgan fingerprint density at radius 1 is 1.32 bits per heavy atom. The van der Waals surface area contributed by atoms with Crippen LogP contribution in [0.5, 0.6) is 0 Å². The molecule has 0 aliphatic heterocycles. The number of halogens is 3. The molecule has 1 heterocycles. The van der Waals surface area contributed by atoms with Gasteiger partial charge in [-0.05, 0) is 23.6 Å². The lowest BCUT2D eigenvalue weighted by molar-refractivity contribution is -0.137. The first-order chi connectivity index (χ1) is 10.4. The van der Waals surface area contributed by atoms with Gasteiger partial charge >= 0.3 is 5.97 Å². The van der Waals surface area contributed by atoms with Crippen LogP contribution in [0.25, 0.3) is 0 Å². The molecule has 0 bridgehead atoms. The molecule has 8 heteroatoms. The summed E-state index contributed by atoms with van der Waals surface area (Å²) in [7, 11) is 0. The first-order valence-corrected chi connectivity index (χ1v) is 7.35. The highest BCUT2D eigenvalue weighted by Gasteiger charge is 2.22. The lowest BCUT2D eigenvalue weighted by Crippen LogP contribution is -2.30. The molecular formula is C14H10ClF2NO3S. The van der Waals surface area contributed by atoms with Gasteiger partial charge in [0.15, 0.2) is 11.6 Å². The third-order valence-corrected chi connectivity index (χ3v) is 4.12. The number of aliphatic carboxylic acids is 1. The van der Waals surface area contributed by atoms with E-state index in [-0.39, 0.29) is 17.0 Å². The van der Waals surface area contributed by atoms with Gasteiger partial charge < -0.3 is 10.4 Å². The zero-order valence-corrected chi connectivity index (χ0v) is 12.5. The van der Waals surface area contributed by atoms with Gasteiger partial charge in [0, 0.05) is 4.88 Å². The van der Waals surface area contributed by atoms with Crippen LogP contribution < -0.4 is 5.32 Å². The minimum absolute atomic E-state index is 0.253. The van der Waals surface area contributed by atoms with E-state index < -0.39 is 29.6 Å². The number of amides is 1. The van der Waals surface area contributed by atoms with Crippen molar-refractivity contribution < 1.29 is 23.5 Å². The van der Waals surface area contributed by atoms with E-state index in [0.717, 1.165) is 0 Å². The van der Waals surface area contributed by atoms with Gasteiger partial charge in [-0.1, -0.05) is 17.7 Å². The van der Waals surface area contributed by atoms with Gasteiger partial charge in [-0.2, -0.15) is 0 Å². The Labute approximate surface area is 133 Å². The summed E-state index contributed by atoms with van der Waals surface area (Å²) in [6.07, 6.45) is -0.340. The number of carboxylic acid groups (broad SMARTS) is 1. The third kappa shape index (κ3) is 3.80. The Balaban J connectivity index is 2.25. The number of nitrogens with one attached hydrogen (secondary N) is 1. The minimum Gasteiger partial charge on any atom is -0.481 e. The second-order valence-corrected chi connectivity index (χ2v) is 5.77.